The molecule has 0 unspecified atom stereocenters. The fourth-order valence-electron chi connectivity index (χ4n) is 3.90. The molecule has 33 heavy (non-hydrogen) atoms. The Kier molecular flexibility index (Phi) is 8.51. The molecular formula is C26H28ClN3O2S. The number of hydrogen-bond donors (Lipinski definition) is 1. The Morgan fingerprint density at radius 3 is 2.58 bits per heavy atom. The summed E-state index contributed by atoms with van der Waals surface area (Å²) in [7, 11) is 0. The maximum absolute atomic E-state index is 12.5. The molecule has 2 aromatic carbocycles. The van der Waals surface area contributed by atoms with Crippen LogP contribution in [0.5, 0.6) is 5.75 Å². The van der Waals surface area contributed by atoms with Crippen LogP contribution >= 0.6 is 23.7 Å². The molecule has 1 aromatic heterocycles. The lowest BCUT2D eigenvalue weighted by molar-refractivity contribution is -0.118. The Bertz CT molecular complexity index is 1120. The molecule has 0 radical (unpaired) electrons. The van der Waals surface area contributed by atoms with E-state index in [2.05, 4.69) is 54.4 Å². The quantitative estimate of drug-likeness (QED) is 0.467. The number of nitriles is 1. The van der Waals surface area contributed by atoms with Crippen LogP contribution in [-0.2, 0) is 24.3 Å². The number of benzene rings is 2. The van der Waals surface area contributed by atoms with Gasteiger partial charge in [0.25, 0.3) is 5.91 Å². The number of fused-ring (bicyclic) bond motifs is 1. The molecule has 0 atom stereocenters. The third-order valence-electron chi connectivity index (χ3n) is 5.67. The molecule has 172 valence electrons. The number of hydrogen-bond acceptors (Lipinski definition) is 5. The Morgan fingerprint density at radius 2 is 1.91 bits per heavy atom. The predicted octanol–water partition coefficient (Wildman–Crippen LogP) is 5.74. The number of rotatable bonds is 7. The Hall–Kier alpha value is -2.85. The smallest absolute Gasteiger partial charge is 0.262 e. The lowest BCUT2D eigenvalue weighted by atomic mass is 10.0. The zero-order valence-electron chi connectivity index (χ0n) is 18.8. The maximum atomic E-state index is 12.5. The van der Waals surface area contributed by atoms with Crippen molar-refractivity contribution in [2.24, 2.45) is 0 Å². The second-order valence-corrected chi connectivity index (χ2v) is 9.43. The molecule has 3 aromatic rings. The van der Waals surface area contributed by atoms with Gasteiger partial charge >= 0.3 is 0 Å². The highest BCUT2D eigenvalue weighted by atomic mass is 35.5. The minimum atomic E-state index is -0.255. The summed E-state index contributed by atoms with van der Waals surface area (Å²) < 4.78 is 5.64. The number of nitrogens with zero attached hydrogens (tertiary/aromatic N) is 2. The van der Waals surface area contributed by atoms with Crippen molar-refractivity contribution in [3.8, 4) is 11.8 Å². The van der Waals surface area contributed by atoms with E-state index in [0.29, 0.717) is 22.2 Å². The van der Waals surface area contributed by atoms with Gasteiger partial charge < -0.3 is 10.1 Å². The minimum Gasteiger partial charge on any atom is -0.484 e. The summed E-state index contributed by atoms with van der Waals surface area (Å²) in [5.41, 5.74) is 4.17. The van der Waals surface area contributed by atoms with Gasteiger partial charge in [0.1, 0.15) is 16.8 Å². The second-order valence-electron chi connectivity index (χ2n) is 8.33. The molecule has 0 aliphatic carbocycles. The molecule has 5 nitrogen and oxygen atoms in total. The van der Waals surface area contributed by atoms with Gasteiger partial charge in [0.15, 0.2) is 6.61 Å². The van der Waals surface area contributed by atoms with Gasteiger partial charge in [-0.1, -0.05) is 56.3 Å². The second kappa shape index (κ2) is 11.3. The van der Waals surface area contributed by atoms with Crippen LogP contribution in [-0.4, -0.2) is 24.0 Å². The van der Waals surface area contributed by atoms with Crippen LogP contribution < -0.4 is 10.1 Å². The van der Waals surface area contributed by atoms with Crippen LogP contribution in [0.2, 0.25) is 0 Å². The van der Waals surface area contributed by atoms with Gasteiger partial charge in [-0.2, -0.15) is 5.26 Å². The van der Waals surface area contributed by atoms with Crippen molar-refractivity contribution in [1.82, 2.24) is 4.90 Å². The van der Waals surface area contributed by atoms with Crippen LogP contribution in [0.25, 0.3) is 0 Å². The molecule has 1 amide bonds. The Labute approximate surface area is 205 Å². The van der Waals surface area contributed by atoms with Gasteiger partial charge in [-0.05, 0) is 41.2 Å². The molecule has 1 N–H and O–H groups in total. The number of amides is 1. The first-order valence-electron chi connectivity index (χ1n) is 10.9. The minimum absolute atomic E-state index is 0. The highest BCUT2D eigenvalue weighted by Gasteiger charge is 2.25. The number of carbonyl (C=O) groups excluding carboxylic acids is 1. The zero-order valence-corrected chi connectivity index (χ0v) is 20.5. The fourth-order valence-corrected chi connectivity index (χ4v) is 5.16. The summed E-state index contributed by atoms with van der Waals surface area (Å²) in [4.78, 5) is 16.0. The first-order chi connectivity index (χ1) is 15.5. The van der Waals surface area contributed by atoms with E-state index in [0.717, 1.165) is 36.5 Å². The average Bonchev–Trinajstić information content (AvgIpc) is 3.14. The summed E-state index contributed by atoms with van der Waals surface area (Å²) in [6.45, 7) is 6.75. The highest BCUT2D eigenvalue weighted by Crippen LogP contribution is 2.37. The molecule has 0 bridgehead atoms. The maximum Gasteiger partial charge on any atom is 0.262 e. The van der Waals surface area contributed by atoms with Gasteiger partial charge in [0.2, 0.25) is 0 Å². The Morgan fingerprint density at radius 1 is 1.18 bits per heavy atom. The number of anilines is 1. The summed E-state index contributed by atoms with van der Waals surface area (Å²) in [6.07, 6.45) is 0.816. The summed E-state index contributed by atoms with van der Waals surface area (Å²) in [6, 6.07) is 20.5. The van der Waals surface area contributed by atoms with Gasteiger partial charge in [-0.15, -0.1) is 23.7 Å². The van der Waals surface area contributed by atoms with Crippen LogP contribution in [0.3, 0.4) is 0 Å². The monoisotopic (exact) mass is 481 g/mol. The highest BCUT2D eigenvalue weighted by molar-refractivity contribution is 7.16. The molecule has 2 heterocycles. The number of nitrogens with one attached hydrogen (secondary N) is 1. The molecule has 0 saturated heterocycles. The van der Waals surface area contributed by atoms with Crippen molar-refractivity contribution < 1.29 is 9.53 Å². The lowest BCUT2D eigenvalue weighted by Gasteiger charge is -2.26. The van der Waals surface area contributed by atoms with E-state index in [9.17, 15) is 10.1 Å². The normalized spacial score (nSPS) is 13.0. The third kappa shape index (κ3) is 6.14. The number of halogens is 1. The Balaban J connectivity index is 0.00000306. The van der Waals surface area contributed by atoms with E-state index in [-0.39, 0.29) is 24.9 Å². The topological polar surface area (TPSA) is 65.4 Å². The standard InChI is InChI=1S/C26H27N3O2S.ClH/c1-18(2)20-8-10-21(11-9-20)31-17-25(30)28-26-23(14-27)22-12-13-29(16-24(22)32-26)15-19-6-4-3-5-7-19;/h3-11,18H,12-13,15-17H2,1-2H3,(H,28,30);1H. The van der Waals surface area contributed by atoms with Crippen molar-refractivity contribution in [3.63, 3.8) is 0 Å². The zero-order chi connectivity index (χ0) is 22.5. The lowest BCUT2D eigenvalue weighted by Crippen LogP contribution is -2.29. The molecule has 4 rings (SSSR count). The largest absolute Gasteiger partial charge is 0.484 e. The van der Waals surface area contributed by atoms with Crippen LogP contribution in [0.1, 0.15) is 46.9 Å². The van der Waals surface area contributed by atoms with Crippen molar-refractivity contribution in [1.29, 1.82) is 5.26 Å². The molecule has 7 heteroatoms. The number of carbonyl (C=O) groups is 1. The molecular weight excluding hydrogens is 454 g/mol. The summed E-state index contributed by atoms with van der Waals surface area (Å²) >= 11 is 1.50. The average molecular weight is 482 g/mol. The van der Waals surface area contributed by atoms with E-state index < -0.39 is 0 Å². The van der Waals surface area contributed by atoms with E-state index >= 15 is 0 Å². The van der Waals surface area contributed by atoms with Crippen molar-refractivity contribution >= 4 is 34.7 Å². The fraction of sp³-hybridized carbons (Fsp3) is 0.308. The van der Waals surface area contributed by atoms with Crippen molar-refractivity contribution in [2.75, 3.05) is 18.5 Å². The van der Waals surface area contributed by atoms with Gasteiger partial charge in [0, 0.05) is 24.5 Å². The SMILES string of the molecule is CC(C)c1ccc(OCC(=O)Nc2sc3c(c2C#N)CCN(Cc2ccccc2)C3)cc1.Cl. The van der Waals surface area contributed by atoms with Crippen LogP contribution in [0.4, 0.5) is 5.00 Å². The number of ether oxygens (including phenoxy) is 1. The van der Waals surface area contributed by atoms with Crippen molar-refractivity contribution in [3.05, 3.63) is 81.7 Å². The van der Waals surface area contributed by atoms with Gasteiger partial charge in [0.05, 0.1) is 5.56 Å². The van der Waals surface area contributed by atoms with Gasteiger partial charge in [-0.25, -0.2) is 0 Å². The predicted molar refractivity (Wildman–Crippen MR) is 135 cm³/mol. The molecule has 0 fully saturated rings. The molecule has 1 aliphatic heterocycles. The van der Waals surface area contributed by atoms with Crippen molar-refractivity contribution in [2.45, 2.75) is 39.3 Å². The first-order valence-corrected chi connectivity index (χ1v) is 11.7. The van der Waals surface area contributed by atoms with E-state index in [1.165, 1.54) is 22.5 Å². The van der Waals surface area contributed by atoms with Crippen LogP contribution in [0, 0.1) is 11.3 Å². The molecule has 0 spiro atoms. The van der Waals surface area contributed by atoms with Gasteiger partial charge in [-0.3, -0.25) is 9.69 Å². The third-order valence-corrected chi connectivity index (χ3v) is 6.80. The first kappa shape index (κ1) is 24.8. The van der Waals surface area contributed by atoms with Crippen LogP contribution in [0.15, 0.2) is 54.6 Å². The molecule has 1 aliphatic rings. The van der Waals surface area contributed by atoms with E-state index in [1.807, 2.05) is 30.3 Å². The summed E-state index contributed by atoms with van der Waals surface area (Å²) in [5.74, 6) is 0.853. The van der Waals surface area contributed by atoms with E-state index in [4.69, 9.17) is 4.74 Å². The summed E-state index contributed by atoms with van der Waals surface area (Å²) in [5, 5.41) is 13.2. The van der Waals surface area contributed by atoms with E-state index in [1.54, 1.807) is 0 Å². The molecule has 0 saturated carbocycles. The number of thiophene rings is 1.